The van der Waals surface area contributed by atoms with Gasteiger partial charge in [0.25, 0.3) is 5.91 Å². The lowest BCUT2D eigenvalue weighted by atomic mass is 10.1. The number of ketones is 1. The van der Waals surface area contributed by atoms with Gasteiger partial charge in [0.2, 0.25) is 0 Å². The van der Waals surface area contributed by atoms with E-state index in [4.69, 9.17) is 0 Å². The summed E-state index contributed by atoms with van der Waals surface area (Å²) < 4.78 is 1.80. The van der Waals surface area contributed by atoms with Crippen LogP contribution in [-0.4, -0.2) is 21.1 Å². The Labute approximate surface area is 140 Å². The van der Waals surface area contributed by atoms with Gasteiger partial charge in [-0.05, 0) is 37.6 Å². The number of amides is 1. The quantitative estimate of drug-likeness (QED) is 0.728. The van der Waals surface area contributed by atoms with Crippen LogP contribution in [0.2, 0.25) is 0 Å². The fourth-order valence-electron chi connectivity index (χ4n) is 2.70. The number of benzene rings is 1. The average molecular weight is 321 g/mol. The summed E-state index contributed by atoms with van der Waals surface area (Å²) >= 11 is 0. The molecule has 2 aromatic heterocycles. The minimum Gasteiger partial charge on any atom is -0.321 e. The monoisotopic (exact) mass is 321 g/mol. The zero-order valence-corrected chi connectivity index (χ0v) is 13.7. The molecule has 0 fully saturated rings. The zero-order chi connectivity index (χ0) is 17.1. The lowest BCUT2D eigenvalue weighted by Crippen LogP contribution is -2.16. The first-order valence-electron chi connectivity index (χ1n) is 7.98. The van der Waals surface area contributed by atoms with E-state index in [1.807, 2.05) is 24.4 Å². The summed E-state index contributed by atoms with van der Waals surface area (Å²) in [6.07, 6.45) is 3.48. The van der Waals surface area contributed by atoms with Crippen molar-refractivity contribution in [2.24, 2.45) is 0 Å². The van der Waals surface area contributed by atoms with Crippen LogP contribution < -0.4 is 5.32 Å². The van der Waals surface area contributed by atoms with E-state index in [0.29, 0.717) is 16.9 Å². The highest BCUT2D eigenvalue weighted by Gasteiger charge is 2.18. The Bertz CT molecular complexity index is 912. The van der Waals surface area contributed by atoms with Crippen LogP contribution in [-0.2, 0) is 6.42 Å². The van der Waals surface area contributed by atoms with Gasteiger partial charge in [-0.25, -0.2) is 4.98 Å². The number of aromatic nitrogens is 2. The summed E-state index contributed by atoms with van der Waals surface area (Å²) in [6.45, 7) is 3.56. The largest absolute Gasteiger partial charge is 0.321 e. The van der Waals surface area contributed by atoms with Crippen LogP contribution >= 0.6 is 0 Å². The Balaban J connectivity index is 1.98. The maximum Gasteiger partial charge on any atom is 0.274 e. The number of aryl methyl sites for hydroxylation is 1. The molecule has 24 heavy (non-hydrogen) atoms. The highest BCUT2D eigenvalue weighted by Crippen LogP contribution is 2.18. The molecule has 122 valence electrons. The maximum absolute atomic E-state index is 12.8. The highest BCUT2D eigenvalue weighted by atomic mass is 16.2. The molecule has 0 radical (unpaired) electrons. The second-order valence-corrected chi connectivity index (χ2v) is 5.68. The molecule has 0 aliphatic carbocycles. The Kier molecular flexibility index (Phi) is 4.42. The predicted octanol–water partition coefficient (Wildman–Crippen LogP) is 3.74. The summed E-state index contributed by atoms with van der Waals surface area (Å²) in [6, 6.07) is 12.6. The van der Waals surface area contributed by atoms with E-state index in [2.05, 4.69) is 17.2 Å². The first-order valence-corrected chi connectivity index (χ1v) is 7.98. The standard InChI is InChI=1S/C19H19N3O2/c1-3-7-16-18(22-11-5-4-10-17(22)21-16)19(24)20-15-9-6-8-14(12-15)13(2)23/h4-6,8-12H,3,7H2,1-2H3,(H,20,24). The number of pyridine rings is 1. The molecule has 1 N–H and O–H groups in total. The molecule has 5 heteroatoms. The number of rotatable bonds is 5. The lowest BCUT2D eigenvalue weighted by Gasteiger charge is -2.08. The van der Waals surface area contributed by atoms with Crippen molar-refractivity contribution in [3.8, 4) is 0 Å². The highest BCUT2D eigenvalue weighted by molar-refractivity contribution is 6.05. The van der Waals surface area contributed by atoms with Gasteiger partial charge in [-0.1, -0.05) is 31.5 Å². The molecular weight excluding hydrogens is 302 g/mol. The van der Waals surface area contributed by atoms with Crippen LogP contribution in [0.15, 0.2) is 48.7 Å². The van der Waals surface area contributed by atoms with Gasteiger partial charge >= 0.3 is 0 Å². The van der Waals surface area contributed by atoms with Gasteiger partial charge in [0.1, 0.15) is 11.3 Å². The summed E-state index contributed by atoms with van der Waals surface area (Å²) in [4.78, 5) is 28.9. The maximum atomic E-state index is 12.8. The smallest absolute Gasteiger partial charge is 0.274 e. The minimum atomic E-state index is -0.224. The van der Waals surface area contributed by atoms with E-state index in [1.54, 1.807) is 28.7 Å². The van der Waals surface area contributed by atoms with Gasteiger partial charge in [0, 0.05) is 17.4 Å². The molecule has 0 spiro atoms. The molecule has 0 saturated heterocycles. The number of imidazole rings is 1. The molecule has 1 amide bonds. The van der Waals surface area contributed by atoms with E-state index >= 15 is 0 Å². The van der Waals surface area contributed by atoms with E-state index in [1.165, 1.54) is 6.92 Å². The number of nitrogens with one attached hydrogen (secondary N) is 1. The molecule has 3 aromatic rings. The van der Waals surface area contributed by atoms with Crippen LogP contribution in [0.5, 0.6) is 0 Å². The molecule has 0 saturated carbocycles. The summed E-state index contributed by atoms with van der Waals surface area (Å²) in [5.41, 5.74) is 3.24. The van der Waals surface area contributed by atoms with Gasteiger partial charge in [-0.2, -0.15) is 0 Å². The van der Waals surface area contributed by atoms with Crippen molar-refractivity contribution in [3.63, 3.8) is 0 Å². The first kappa shape index (κ1) is 15.9. The number of anilines is 1. The van der Waals surface area contributed by atoms with Gasteiger partial charge in [-0.3, -0.25) is 14.0 Å². The van der Waals surface area contributed by atoms with Gasteiger partial charge in [0.15, 0.2) is 5.78 Å². The topological polar surface area (TPSA) is 63.5 Å². The van der Waals surface area contributed by atoms with E-state index in [-0.39, 0.29) is 11.7 Å². The van der Waals surface area contributed by atoms with Crippen molar-refractivity contribution in [3.05, 3.63) is 65.6 Å². The molecule has 3 rings (SSSR count). The fourth-order valence-corrected chi connectivity index (χ4v) is 2.70. The van der Waals surface area contributed by atoms with Crippen molar-refractivity contribution in [1.82, 2.24) is 9.38 Å². The summed E-state index contributed by atoms with van der Waals surface area (Å²) in [5.74, 6) is -0.259. The van der Waals surface area contributed by atoms with Crippen LogP contribution in [0.3, 0.4) is 0 Å². The Hall–Kier alpha value is -2.95. The van der Waals surface area contributed by atoms with Crippen LogP contribution in [0.4, 0.5) is 5.69 Å². The number of fused-ring (bicyclic) bond motifs is 1. The van der Waals surface area contributed by atoms with Crippen molar-refractivity contribution in [2.45, 2.75) is 26.7 Å². The van der Waals surface area contributed by atoms with Crippen molar-refractivity contribution in [2.75, 3.05) is 5.32 Å². The summed E-state index contributed by atoms with van der Waals surface area (Å²) in [5, 5.41) is 2.88. The van der Waals surface area contributed by atoms with E-state index in [9.17, 15) is 9.59 Å². The third-order valence-electron chi connectivity index (χ3n) is 3.83. The molecular formula is C19H19N3O2. The molecule has 0 aliphatic heterocycles. The first-order chi connectivity index (χ1) is 11.6. The van der Waals surface area contributed by atoms with Crippen LogP contribution in [0, 0.1) is 0 Å². The Morgan fingerprint density at radius 2 is 2.00 bits per heavy atom. The van der Waals surface area contributed by atoms with Gasteiger partial charge < -0.3 is 5.32 Å². The number of nitrogens with zero attached hydrogens (tertiary/aromatic N) is 2. The molecule has 0 aliphatic rings. The van der Waals surface area contributed by atoms with Crippen LogP contribution in [0.1, 0.15) is 46.8 Å². The minimum absolute atomic E-state index is 0.0347. The average Bonchev–Trinajstić information content (AvgIpc) is 2.93. The van der Waals surface area contributed by atoms with Crippen LogP contribution in [0.25, 0.3) is 5.65 Å². The van der Waals surface area contributed by atoms with Gasteiger partial charge in [0.05, 0.1) is 5.69 Å². The number of Topliss-reactive ketones (excluding diaryl/α,β-unsaturated/α-hetero) is 1. The van der Waals surface area contributed by atoms with Crippen molar-refractivity contribution < 1.29 is 9.59 Å². The zero-order valence-electron chi connectivity index (χ0n) is 13.7. The van der Waals surface area contributed by atoms with Gasteiger partial charge in [-0.15, -0.1) is 0 Å². The SMILES string of the molecule is CCCc1nc2ccccn2c1C(=O)Nc1cccc(C(C)=O)c1. The summed E-state index contributed by atoms with van der Waals surface area (Å²) in [7, 11) is 0. The second kappa shape index (κ2) is 6.66. The number of hydrogen-bond acceptors (Lipinski definition) is 3. The molecule has 0 bridgehead atoms. The molecule has 1 aromatic carbocycles. The predicted molar refractivity (Wildman–Crippen MR) is 93.6 cm³/mol. The van der Waals surface area contributed by atoms with Crippen molar-refractivity contribution >= 4 is 23.0 Å². The Morgan fingerprint density at radius 1 is 1.17 bits per heavy atom. The molecule has 0 atom stereocenters. The van der Waals surface area contributed by atoms with E-state index < -0.39 is 0 Å². The third kappa shape index (κ3) is 3.06. The lowest BCUT2D eigenvalue weighted by molar-refractivity contribution is 0.100. The molecule has 5 nitrogen and oxygen atoms in total. The van der Waals surface area contributed by atoms with Crippen molar-refractivity contribution in [1.29, 1.82) is 0 Å². The normalized spacial score (nSPS) is 10.8. The Morgan fingerprint density at radius 3 is 2.75 bits per heavy atom. The second-order valence-electron chi connectivity index (χ2n) is 5.68. The number of hydrogen-bond donors (Lipinski definition) is 1. The third-order valence-corrected chi connectivity index (χ3v) is 3.83. The molecule has 0 unspecified atom stereocenters. The number of carbonyl (C=O) groups is 2. The molecule has 2 heterocycles. The van der Waals surface area contributed by atoms with E-state index in [0.717, 1.165) is 24.2 Å². The number of carbonyl (C=O) groups excluding carboxylic acids is 2. The fraction of sp³-hybridized carbons (Fsp3) is 0.211.